The molecular formula is C17H17ClN4O2S2. The molecule has 9 heteroatoms. The first-order chi connectivity index (χ1) is 12.6. The highest BCUT2D eigenvalue weighted by molar-refractivity contribution is 7.99. The fourth-order valence-corrected chi connectivity index (χ4v) is 3.77. The number of halogens is 1. The molecule has 0 spiro atoms. The van der Waals surface area contributed by atoms with Crippen LogP contribution in [0.2, 0.25) is 5.02 Å². The summed E-state index contributed by atoms with van der Waals surface area (Å²) < 4.78 is 7.14. The zero-order valence-corrected chi connectivity index (χ0v) is 16.4. The predicted molar refractivity (Wildman–Crippen MR) is 105 cm³/mol. The molecule has 2 aromatic heterocycles. The highest BCUT2D eigenvalue weighted by atomic mass is 35.5. The summed E-state index contributed by atoms with van der Waals surface area (Å²) in [6, 6.07) is 11.3. The van der Waals surface area contributed by atoms with Gasteiger partial charge in [0.15, 0.2) is 16.7 Å². The molecular weight excluding hydrogens is 392 g/mol. The van der Waals surface area contributed by atoms with Crippen LogP contribution in [0.5, 0.6) is 0 Å². The molecule has 3 rings (SSSR count). The van der Waals surface area contributed by atoms with E-state index < -0.39 is 0 Å². The Bertz CT molecular complexity index is 850. The Morgan fingerprint density at radius 2 is 2.04 bits per heavy atom. The number of nitrogens with zero attached hydrogens (tertiary/aromatic N) is 3. The van der Waals surface area contributed by atoms with Crippen LogP contribution >= 0.6 is 35.1 Å². The highest BCUT2D eigenvalue weighted by Crippen LogP contribution is 2.23. The summed E-state index contributed by atoms with van der Waals surface area (Å²) in [4.78, 5) is 13.1. The number of carbonyl (C=O) groups excluding carboxylic acids is 1. The number of hydrogen-bond acceptors (Lipinski definition) is 6. The van der Waals surface area contributed by atoms with E-state index in [1.165, 1.54) is 11.8 Å². The number of nitrogens with one attached hydrogen (secondary N) is 1. The SMILES string of the molecule is Cn1c(SCC(=O)NCCSc2ccc(Cl)cc2)nnc1-c1ccco1. The molecule has 0 fully saturated rings. The molecule has 1 N–H and O–H groups in total. The summed E-state index contributed by atoms with van der Waals surface area (Å²) in [5.41, 5.74) is 0. The van der Waals surface area contributed by atoms with Crippen LogP contribution in [0, 0.1) is 0 Å². The van der Waals surface area contributed by atoms with Gasteiger partial charge in [-0.2, -0.15) is 0 Å². The topological polar surface area (TPSA) is 73.0 Å². The van der Waals surface area contributed by atoms with Gasteiger partial charge in [0.25, 0.3) is 0 Å². The average molecular weight is 409 g/mol. The lowest BCUT2D eigenvalue weighted by Gasteiger charge is -2.05. The van der Waals surface area contributed by atoms with E-state index >= 15 is 0 Å². The predicted octanol–water partition coefficient (Wildman–Crippen LogP) is 3.73. The third-order valence-electron chi connectivity index (χ3n) is 3.42. The van der Waals surface area contributed by atoms with Gasteiger partial charge >= 0.3 is 0 Å². The van der Waals surface area contributed by atoms with Crippen molar-refractivity contribution in [1.82, 2.24) is 20.1 Å². The van der Waals surface area contributed by atoms with Gasteiger partial charge in [-0.3, -0.25) is 4.79 Å². The van der Waals surface area contributed by atoms with Gasteiger partial charge in [-0.15, -0.1) is 22.0 Å². The normalized spacial score (nSPS) is 10.8. The molecule has 1 amide bonds. The molecule has 3 aromatic rings. The van der Waals surface area contributed by atoms with Crippen LogP contribution in [0.1, 0.15) is 0 Å². The number of thioether (sulfide) groups is 2. The van der Waals surface area contributed by atoms with Gasteiger partial charge in [0, 0.05) is 29.3 Å². The van der Waals surface area contributed by atoms with Crippen LogP contribution in [0.15, 0.2) is 57.1 Å². The van der Waals surface area contributed by atoms with E-state index in [0.717, 1.165) is 15.7 Å². The number of amides is 1. The molecule has 136 valence electrons. The third kappa shape index (κ3) is 5.06. The summed E-state index contributed by atoms with van der Waals surface area (Å²) in [7, 11) is 1.85. The van der Waals surface area contributed by atoms with Crippen molar-refractivity contribution in [3.8, 4) is 11.6 Å². The van der Waals surface area contributed by atoms with Gasteiger partial charge in [0.2, 0.25) is 5.91 Å². The maximum Gasteiger partial charge on any atom is 0.230 e. The Kier molecular flexibility index (Phi) is 6.65. The molecule has 1 aromatic carbocycles. The molecule has 0 atom stereocenters. The number of benzene rings is 1. The van der Waals surface area contributed by atoms with Crippen LogP contribution < -0.4 is 5.32 Å². The van der Waals surface area contributed by atoms with Crippen molar-refractivity contribution < 1.29 is 9.21 Å². The third-order valence-corrected chi connectivity index (χ3v) is 5.70. The zero-order valence-electron chi connectivity index (χ0n) is 14.0. The maximum atomic E-state index is 12.0. The lowest BCUT2D eigenvalue weighted by molar-refractivity contribution is -0.118. The van der Waals surface area contributed by atoms with E-state index in [-0.39, 0.29) is 11.7 Å². The molecule has 0 bridgehead atoms. The monoisotopic (exact) mass is 408 g/mol. The van der Waals surface area contributed by atoms with Gasteiger partial charge in [-0.25, -0.2) is 0 Å². The van der Waals surface area contributed by atoms with E-state index in [9.17, 15) is 4.79 Å². The molecule has 0 saturated heterocycles. The Balaban J connectivity index is 1.40. The molecule has 0 saturated carbocycles. The lowest BCUT2D eigenvalue weighted by atomic mass is 10.4. The molecule has 26 heavy (non-hydrogen) atoms. The van der Waals surface area contributed by atoms with Crippen molar-refractivity contribution in [3.63, 3.8) is 0 Å². The smallest absolute Gasteiger partial charge is 0.230 e. The van der Waals surface area contributed by atoms with Gasteiger partial charge < -0.3 is 14.3 Å². The van der Waals surface area contributed by atoms with Crippen molar-refractivity contribution >= 4 is 41.0 Å². The van der Waals surface area contributed by atoms with Crippen LogP contribution in [0.3, 0.4) is 0 Å². The average Bonchev–Trinajstić information content (AvgIpc) is 3.28. The molecule has 0 unspecified atom stereocenters. The first-order valence-electron chi connectivity index (χ1n) is 7.84. The Hall–Kier alpha value is -1.90. The lowest BCUT2D eigenvalue weighted by Crippen LogP contribution is -2.27. The quantitative estimate of drug-likeness (QED) is 0.452. The standard InChI is InChI=1S/C17H17ClN4O2S2/c1-22-16(14-3-2-9-24-14)20-21-17(22)26-11-15(23)19-8-10-25-13-6-4-12(18)5-7-13/h2-7,9H,8,10-11H2,1H3,(H,19,23). The summed E-state index contributed by atoms with van der Waals surface area (Å²) >= 11 is 8.87. The van der Waals surface area contributed by atoms with E-state index in [4.69, 9.17) is 16.0 Å². The van der Waals surface area contributed by atoms with E-state index in [2.05, 4.69) is 15.5 Å². The number of furan rings is 1. The van der Waals surface area contributed by atoms with Crippen LogP contribution in [-0.2, 0) is 11.8 Å². The summed E-state index contributed by atoms with van der Waals surface area (Å²) in [6.45, 7) is 0.600. The highest BCUT2D eigenvalue weighted by Gasteiger charge is 2.14. The van der Waals surface area contributed by atoms with Gasteiger partial charge in [0.1, 0.15) is 0 Å². The zero-order chi connectivity index (χ0) is 18.4. The number of carbonyl (C=O) groups is 1. The van der Waals surface area contributed by atoms with Gasteiger partial charge in [0.05, 0.1) is 12.0 Å². The minimum Gasteiger partial charge on any atom is -0.461 e. The number of aromatic nitrogens is 3. The van der Waals surface area contributed by atoms with E-state index in [0.29, 0.717) is 23.3 Å². The fraction of sp³-hybridized carbons (Fsp3) is 0.235. The maximum absolute atomic E-state index is 12.0. The molecule has 2 heterocycles. The molecule has 0 radical (unpaired) electrons. The second-order valence-electron chi connectivity index (χ2n) is 5.28. The van der Waals surface area contributed by atoms with E-state index in [1.54, 1.807) is 24.1 Å². The summed E-state index contributed by atoms with van der Waals surface area (Å²) in [6.07, 6.45) is 1.59. The number of hydrogen-bond donors (Lipinski definition) is 1. The minimum atomic E-state index is -0.0331. The van der Waals surface area contributed by atoms with E-state index in [1.807, 2.05) is 41.9 Å². The van der Waals surface area contributed by atoms with Gasteiger partial charge in [-0.1, -0.05) is 23.4 Å². The minimum absolute atomic E-state index is 0.0331. The summed E-state index contributed by atoms with van der Waals surface area (Å²) in [5.74, 6) is 2.34. The van der Waals surface area contributed by atoms with Crippen molar-refractivity contribution in [2.45, 2.75) is 10.1 Å². The van der Waals surface area contributed by atoms with Gasteiger partial charge in [-0.05, 0) is 36.4 Å². The van der Waals surface area contributed by atoms with Crippen LogP contribution in [0.4, 0.5) is 0 Å². The Labute approximate surface area is 164 Å². The molecule has 6 nitrogen and oxygen atoms in total. The second kappa shape index (κ2) is 9.16. The molecule has 0 aliphatic carbocycles. The first-order valence-corrected chi connectivity index (χ1v) is 10.2. The molecule has 0 aliphatic heterocycles. The van der Waals surface area contributed by atoms with Crippen molar-refractivity contribution in [1.29, 1.82) is 0 Å². The number of rotatable bonds is 8. The van der Waals surface area contributed by atoms with Crippen LogP contribution in [0.25, 0.3) is 11.6 Å². The second-order valence-corrected chi connectivity index (χ2v) is 7.83. The fourth-order valence-electron chi connectivity index (χ4n) is 2.13. The Morgan fingerprint density at radius 1 is 1.23 bits per heavy atom. The van der Waals surface area contributed by atoms with Crippen molar-refractivity contribution in [3.05, 3.63) is 47.7 Å². The first kappa shape index (κ1) is 18.9. The Morgan fingerprint density at radius 3 is 2.77 bits per heavy atom. The van der Waals surface area contributed by atoms with Crippen LogP contribution in [-0.4, -0.2) is 38.7 Å². The summed E-state index contributed by atoms with van der Waals surface area (Å²) in [5, 5.41) is 12.5. The van der Waals surface area contributed by atoms with Crippen molar-refractivity contribution in [2.24, 2.45) is 7.05 Å². The largest absolute Gasteiger partial charge is 0.461 e. The van der Waals surface area contributed by atoms with Crippen molar-refractivity contribution in [2.75, 3.05) is 18.1 Å². The molecule has 0 aliphatic rings.